The summed E-state index contributed by atoms with van der Waals surface area (Å²) in [7, 11) is 0. The highest BCUT2D eigenvalue weighted by molar-refractivity contribution is 6.27. The average Bonchev–Trinajstić information content (AvgIpc) is 3.32. The molecule has 0 unspecified atom stereocenters. The van der Waals surface area contributed by atoms with E-state index in [1.807, 2.05) is 79.0 Å². The first kappa shape index (κ1) is 17.4. The highest BCUT2D eigenvalue weighted by Gasteiger charge is 2.73. The standard InChI is InChI=1S/C24H19N3O3/c1-13-19-20(24(26-13)16-10-4-5-11-17(16)25-23(24)30)22(29)27(21(19)28)18-12-6-8-14-7-2-3-9-15(14)18/h2-13,19-20,26H,1H3,(H,25,30)/p+1/t13-,19+,20+,24+/m1/s1. The highest BCUT2D eigenvalue weighted by atomic mass is 16.2. The quantitative estimate of drug-likeness (QED) is 0.613. The lowest BCUT2D eigenvalue weighted by Gasteiger charge is -2.26. The first-order chi connectivity index (χ1) is 14.5. The van der Waals surface area contributed by atoms with Gasteiger partial charge in [0.05, 0.1) is 17.4 Å². The number of rotatable bonds is 1. The third kappa shape index (κ3) is 1.94. The molecule has 0 radical (unpaired) electrons. The molecule has 3 heterocycles. The van der Waals surface area contributed by atoms with Crippen LogP contribution in [0.2, 0.25) is 0 Å². The number of carbonyl (C=O) groups excluding carboxylic acids is 3. The van der Waals surface area contributed by atoms with Crippen LogP contribution < -0.4 is 15.5 Å². The minimum atomic E-state index is -1.10. The molecule has 6 heteroatoms. The second-order valence-corrected chi connectivity index (χ2v) is 8.41. The summed E-state index contributed by atoms with van der Waals surface area (Å²) in [6.45, 7) is 1.93. The Labute approximate surface area is 172 Å². The van der Waals surface area contributed by atoms with Gasteiger partial charge in [0.25, 0.3) is 5.91 Å². The van der Waals surface area contributed by atoms with Crippen LogP contribution in [0, 0.1) is 11.8 Å². The Hall–Kier alpha value is -3.51. The van der Waals surface area contributed by atoms with Gasteiger partial charge in [-0.05, 0) is 24.4 Å². The Morgan fingerprint density at radius 1 is 0.900 bits per heavy atom. The topological polar surface area (TPSA) is 83.1 Å². The van der Waals surface area contributed by atoms with Crippen molar-refractivity contribution in [2.75, 3.05) is 10.2 Å². The first-order valence-corrected chi connectivity index (χ1v) is 10.2. The zero-order chi connectivity index (χ0) is 20.6. The Bertz CT molecular complexity index is 1260. The van der Waals surface area contributed by atoms with Crippen molar-refractivity contribution in [3.05, 3.63) is 72.3 Å². The Balaban J connectivity index is 1.54. The van der Waals surface area contributed by atoms with Crippen LogP contribution in [0.1, 0.15) is 12.5 Å². The van der Waals surface area contributed by atoms with Gasteiger partial charge in [0, 0.05) is 10.9 Å². The predicted molar refractivity (Wildman–Crippen MR) is 112 cm³/mol. The van der Waals surface area contributed by atoms with Crippen LogP contribution in [0.25, 0.3) is 10.8 Å². The van der Waals surface area contributed by atoms with Crippen molar-refractivity contribution in [2.24, 2.45) is 11.8 Å². The summed E-state index contributed by atoms with van der Waals surface area (Å²) in [5, 5.41) is 6.66. The summed E-state index contributed by atoms with van der Waals surface area (Å²) < 4.78 is 0. The fourth-order valence-corrected chi connectivity index (χ4v) is 5.74. The summed E-state index contributed by atoms with van der Waals surface area (Å²) in [6.07, 6.45) is 0. The molecule has 6 nitrogen and oxygen atoms in total. The summed E-state index contributed by atoms with van der Waals surface area (Å²) in [5.41, 5.74) is 0.990. The molecule has 3 N–H and O–H groups in total. The number of amides is 3. The molecule has 2 saturated heterocycles. The SMILES string of the molecule is C[C@H]1[NH2+][C@]2(C(=O)Nc3ccccc32)[C@@H]2C(=O)N(c3cccc4ccccc34)C(=O)[C@H]21. The van der Waals surface area contributed by atoms with Crippen molar-refractivity contribution in [2.45, 2.75) is 18.5 Å². The second-order valence-electron chi connectivity index (χ2n) is 8.41. The molecule has 0 aliphatic carbocycles. The third-order valence-electron chi connectivity index (χ3n) is 6.94. The molecule has 6 rings (SSSR count). The maximum atomic E-state index is 13.8. The molecule has 0 aromatic heterocycles. The van der Waals surface area contributed by atoms with E-state index in [1.165, 1.54) is 4.90 Å². The van der Waals surface area contributed by atoms with Gasteiger partial charge in [0.1, 0.15) is 11.8 Å². The Morgan fingerprint density at radius 2 is 1.63 bits per heavy atom. The summed E-state index contributed by atoms with van der Waals surface area (Å²) in [4.78, 5) is 41.9. The average molecular weight is 398 g/mol. The smallest absolute Gasteiger partial charge is 0.291 e. The molecule has 3 aliphatic rings. The lowest BCUT2D eigenvalue weighted by molar-refractivity contribution is -0.730. The lowest BCUT2D eigenvalue weighted by Crippen LogP contribution is -2.98. The fourth-order valence-electron chi connectivity index (χ4n) is 5.74. The van der Waals surface area contributed by atoms with Crippen LogP contribution >= 0.6 is 0 Å². The molecule has 3 aliphatic heterocycles. The Kier molecular flexibility index (Phi) is 3.34. The largest absolute Gasteiger partial charge is 0.326 e. The number of nitrogens with zero attached hydrogens (tertiary/aromatic N) is 1. The number of hydrogen-bond acceptors (Lipinski definition) is 3. The van der Waals surface area contributed by atoms with Gasteiger partial charge in [-0.3, -0.25) is 14.4 Å². The molecule has 3 aromatic carbocycles. The molecule has 30 heavy (non-hydrogen) atoms. The molecule has 4 atom stereocenters. The minimum absolute atomic E-state index is 0.191. The molecule has 1 spiro atoms. The molecular weight excluding hydrogens is 378 g/mol. The maximum absolute atomic E-state index is 13.8. The number of nitrogens with one attached hydrogen (secondary N) is 1. The molecule has 0 saturated carbocycles. The number of nitrogens with two attached hydrogens (primary N) is 1. The fraction of sp³-hybridized carbons (Fsp3) is 0.208. The van der Waals surface area contributed by atoms with Gasteiger partial charge in [-0.2, -0.15) is 0 Å². The van der Waals surface area contributed by atoms with Crippen molar-refractivity contribution in [3.8, 4) is 0 Å². The molecular formula is C24H20N3O3+. The zero-order valence-electron chi connectivity index (χ0n) is 16.3. The van der Waals surface area contributed by atoms with Crippen molar-refractivity contribution in [1.29, 1.82) is 0 Å². The van der Waals surface area contributed by atoms with Crippen molar-refractivity contribution >= 4 is 39.9 Å². The monoisotopic (exact) mass is 398 g/mol. The molecule has 3 amide bonds. The van der Waals surface area contributed by atoms with E-state index in [-0.39, 0.29) is 23.8 Å². The highest BCUT2D eigenvalue weighted by Crippen LogP contribution is 2.50. The van der Waals surface area contributed by atoms with Gasteiger partial charge >= 0.3 is 0 Å². The van der Waals surface area contributed by atoms with Crippen molar-refractivity contribution in [1.82, 2.24) is 0 Å². The van der Waals surface area contributed by atoms with E-state index in [2.05, 4.69) is 5.32 Å². The van der Waals surface area contributed by atoms with Gasteiger partial charge in [-0.15, -0.1) is 0 Å². The van der Waals surface area contributed by atoms with E-state index in [1.54, 1.807) is 0 Å². The van der Waals surface area contributed by atoms with Crippen LogP contribution in [0.3, 0.4) is 0 Å². The number of fused-ring (bicyclic) bond motifs is 5. The molecule has 3 aromatic rings. The molecule has 0 bridgehead atoms. The van der Waals surface area contributed by atoms with E-state index in [9.17, 15) is 14.4 Å². The van der Waals surface area contributed by atoms with Crippen LogP contribution in [0.15, 0.2) is 66.7 Å². The van der Waals surface area contributed by atoms with Crippen LogP contribution in [0.5, 0.6) is 0 Å². The lowest BCUT2D eigenvalue weighted by atomic mass is 9.76. The van der Waals surface area contributed by atoms with E-state index in [0.717, 1.165) is 22.0 Å². The number of anilines is 2. The van der Waals surface area contributed by atoms with Gasteiger partial charge in [0.2, 0.25) is 17.4 Å². The Morgan fingerprint density at radius 3 is 2.50 bits per heavy atom. The number of para-hydroxylation sites is 1. The van der Waals surface area contributed by atoms with E-state index >= 15 is 0 Å². The summed E-state index contributed by atoms with van der Waals surface area (Å²) in [6, 6.07) is 20.6. The number of quaternary nitrogens is 1. The van der Waals surface area contributed by atoms with Crippen molar-refractivity contribution in [3.63, 3.8) is 0 Å². The minimum Gasteiger partial charge on any atom is -0.326 e. The third-order valence-corrected chi connectivity index (χ3v) is 6.94. The van der Waals surface area contributed by atoms with E-state index < -0.39 is 17.4 Å². The summed E-state index contributed by atoms with van der Waals surface area (Å²) in [5.74, 6) is -2.02. The van der Waals surface area contributed by atoms with Gasteiger partial charge < -0.3 is 10.6 Å². The second kappa shape index (κ2) is 5.77. The van der Waals surface area contributed by atoms with Crippen LogP contribution in [0.4, 0.5) is 11.4 Å². The number of imide groups is 1. The maximum Gasteiger partial charge on any atom is 0.291 e. The van der Waals surface area contributed by atoms with E-state index in [4.69, 9.17) is 0 Å². The predicted octanol–water partition coefficient (Wildman–Crippen LogP) is 1.76. The van der Waals surface area contributed by atoms with E-state index in [0.29, 0.717) is 5.69 Å². The molecule has 2 fully saturated rings. The van der Waals surface area contributed by atoms with Crippen LogP contribution in [-0.2, 0) is 19.9 Å². The zero-order valence-corrected chi connectivity index (χ0v) is 16.3. The number of benzene rings is 3. The van der Waals surface area contributed by atoms with Crippen LogP contribution in [-0.4, -0.2) is 23.8 Å². The normalized spacial score (nSPS) is 29.6. The van der Waals surface area contributed by atoms with Crippen molar-refractivity contribution < 1.29 is 19.7 Å². The van der Waals surface area contributed by atoms with Gasteiger partial charge in [-0.1, -0.05) is 54.6 Å². The first-order valence-electron chi connectivity index (χ1n) is 10.2. The van der Waals surface area contributed by atoms with Gasteiger partial charge in [-0.25, -0.2) is 4.90 Å². The number of carbonyl (C=O) groups is 3. The summed E-state index contributed by atoms with van der Waals surface area (Å²) >= 11 is 0. The number of hydrogen-bond donors (Lipinski definition) is 2. The molecule has 148 valence electrons. The van der Waals surface area contributed by atoms with Gasteiger partial charge in [0.15, 0.2) is 0 Å².